The summed E-state index contributed by atoms with van der Waals surface area (Å²) in [6.45, 7) is 3.68. The van der Waals surface area contributed by atoms with Crippen LogP contribution in [-0.2, 0) is 11.3 Å². The first-order chi connectivity index (χ1) is 8.45. The predicted octanol–water partition coefficient (Wildman–Crippen LogP) is 2.71. The Morgan fingerprint density at radius 1 is 1.44 bits per heavy atom. The molecule has 18 heavy (non-hydrogen) atoms. The Morgan fingerprint density at radius 3 is 2.78 bits per heavy atom. The molecular weight excluding hydrogens is 316 g/mol. The van der Waals surface area contributed by atoms with Crippen molar-refractivity contribution in [1.29, 1.82) is 0 Å². The molecule has 2 heterocycles. The third-order valence-corrected chi connectivity index (χ3v) is 3.49. The molecule has 0 spiro atoms. The fourth-order valence-electron chi connectivity index (χ4n) is 1.16. The number of hydrogen-bond donors (Lipinski definition) is 1. The average molecular weight is 329 g/mol. The summed E-state index contributed by atoms with van der Waals surface area (Å²) in [5.41, 5.74) is 5.30. The molecule has 7 heteroatoms. The second-order valence-electron chi connectivity index (χ2n) is 4.34. The van der Waals surface area contributed by atoms with Gasteiger partial charge >= 0.3 is 0 Å². The number of nitrogens with two attached hydrogens (primary N) is 1. The molecule has 0 aliphatic heterocycles. The Kier molecular flexibility index (Phi) is 4.04. The van der Waals surface area contributed by atoms with Crippen molar-refractivity contribution in [3.05, 3.63) is 34.5 Å². The minimum absolute atomic E-state index is 0.516. The quantitative estimate of drug-likeness (QED) is 0.869. The molecule has 2 N–H and O–H groups in total. The van der Waals surface area contributed by atoms with Crippen molar-refractivity contribution in [2.45, 2.75) is 30.2 Å². The molecule has 0 aromatic carbocycles. The molecule has 0 radical (unpaired) electrons. The molecule has 5 nitrogen and oxygen atoms in total. The third-order valence-electron chi connectivity index (χ3n) is 2.09. The zero-order valence-electron chi connectivity index (χ0n) is 10.1. The summed E-state index contributed by atoms with van der Waals surface area (Å²) < 4.78 is 6.09. The van der Waals surface area contributed by atoms with Gasteiger partial charge in [-0.3, -0.25) is 0 Å². The molecule has 0 amide bonds. The lowest BCUT2D eigenvalue weighted by atomic mass is 10.1. The van der Waals surface area contributed by atoms with Gasteiger partial charge in [-0.05, 0) is 41.9 Å². The van der Waals surface area contributed by atoms with Crippen molar-refractivity contribution in [2.75, 3.05) is 0 Å². The number of thioether (sulfide) groups is 1. The molecule has 0 atom stereocenters. The number of nitrogens with zero attached hydrogens (tertiary/aromatic N) is 3. The molecule has 0 bridgehead atoms. The lowest BCUT2D eigenvalue weighted by Crippen LogP contribution is -2.30. The van der Waals surface area contributed by atoms with E-state index in [2.05, 4.69) is 31.1 Å². The van der Waals surface area contributed by atoms with E-state index in [1.165, 1.54) is 11.8 Å². The second-order valence-corrected chi connectivity index (χ2v) is 6.25. The van der Waals surface area contributed by atoms with Crippen LogP contribution in [0.5, 0.6) is 0 Å². The molecule has 2 aromatic heterocycles. The van der Waals surface area contributed by atoms with E-state index in [-0.39, 0.29) is 0 Å². The summed E-state index contributed by atoms with van der Waals surface area (Å²) in [6.07, 6.45) is 1.75. The highest BCUT2D eigenvalue weighted by atomic mass is 79.9. The van der Waals surface area contributed by atoms with Crippen LogP contribution in [-0.4, -0.2) is 15.1 Å². The Morgan fingerprint density at radius 2 is 2.22 bits per heavy atom. The van der Waals surface area contributed by atoms with Crippen LogP contribution >= 0.6 is 27.7 Å². The molecule has 0 unspecified atom stereocenters. The van der Waals surface area contributed by atoms with Gasteiger partial charge in [0.1, 0.15) is 0 Å². The molecule has 0 saturated heterocycles. The molecule has 2 rings (SSSR count). The van der Waals surface area contributed by atoms with E-state index in [0.29, 0.717) is 17.5 Å². The van der Waals surface area contributed by atoms with Crippen molar-refractivity contribution < 1.29 is 4.52 Å². The van der Waals surface area contributed by atoms with E-state index in [4.69, 9.17) is 10.3 Å². The van der Waals surface area contributed by atoms with Gasteiger partial charge in [-0.25, -0.2) is 4.98 Å². The maximum atomic E-state index is 5.88. The van der Waals surface area contributed by atoms with Crippen molar-refractivity contribution in [3.63, 3.8) is 0 Å². The summed E-state index contributed by atoms with van der Waals surface area (Å²) in [4.78, 5) is 8.50. The van der Waals surface area contributed by atoms with Gasteiger partial charge in [0, 0.05) is 10.7 Å². The van der Waals surface area contributed by atoms with Crippen LogP contribution in [0.4, 0.5) is 0 Å². The second kappa shape index (κ2) is 5.38. The van der Waals surface area contributed by atoms with E-state index >= 15 is 0 Å². The zero-order valence-corrected chi connectivity index (χ0v) is 12.5. The number of halogens is 1. The van der Waals surface area contributed by atoms with Gasteiger partial charge in [0.2, 0.25) is 5.89 Å². The standard InChI is InChI=1S/C11H13BrN4OS/c1-11(2,13)10-15-8(17-16-10)6-18-9-4-3-7(12)5-14-9/h3-5H,6,13H2,1-2H3. The summed E-state index contributed by atoms with van der Waals surface area (Å²) in [6, 6.07) is 3.87. The Bertz CT molecular complexity index is 521. The molecular formula is C11H13BrN4OS. The summed E-state index contributed by atoms with van der Waals surface area (Å²) in [5, 5.41) is 4.77. The number of hydrogen-bond acceptors (Lipinski definition) is 6. The van der Waals surface area contributed by atoms with Crippen LogP contribution in [0.25, 0.3) is 0 Å². The van der Waals surface area contributed by atoms with Gasteiger partial charge in [-0.1, -0.05) is 16.9 Å². The maximum Gasteiger partial charge on any atom is 0.237 e. The Balaban J connectivity index is 1.98. The normalized spacial score (nSPS) is 11.8. The lowest BCUT2D eigenvalue weighted by molar-refractivity contribution is 0.370. The first kappa shape index (κ1) is 13.5. The highest BCUT2D eigenvalue weighted by molar-refractivity contribution is 9.10. The molecule has 0 fully saturated rings. The maximum absolute atomic E-state index is 5.88. The molecule has 0 saturated carbocycles. The Labute approximate surface area is 118 Å². The number of aromatic nitrogens is 3. The zero-order chi connectivity index (χ0) is 13.2. The summed E-state index contributed by atoms with van der Waals surface area (Å²) in [5.74, 6) is 1.65. The van der Waals surface area contributed by atoms with E-state index in [0.717, 1.165) is 9.50 Å². The van der Waals surface area contributed by atoms with Crippen LogP contribution in [0.1, 0.15) is 25.6 Å². The highest BCUT2D eigenvalue weighted by Gasteiger charge is 2.21. The van der Waals surface area contributed by atoms with Crippen molar-refractivity contribution in [2.24, 2.45) is 5.73 Å². The molecule has 2 aromatic rings. The molecule has 0 aliphatic rings. The van der Waals surface area contributed by atoms with Crippen molar-refractivity contribution in [3.8, 4) is 0 Å². The largest absolute Gasteiger partial charge is 0.338 e. The number of pyridine rings is 1. The van der Waals surface area contributed by atoms with E-state index in [1.54, 1.807) is 6.20 Å². The van der Waals surface area contributed by atoms with Gasteiger partial charge < -0.3 is 10.3 Å². The first-order valence-electron chi connectivity index (χ1n) is 5.31. The van der Waals surface area contributed by atoms with Crippen LogP contribution < -0.4 is 5.73 Å². The lowest BCUT2D eigenvalue weighted by Gasteiger charge is -2.11. The van der Waals surface area contributed by atoms with Crippen LogP contribution in [0.15, 0.2) is 32.4 Å². The van der Waals surface area contributed by atoms with Gasteiger partial charge in [-0.15, -0.1) is 0 Å². The first-order valence-corrected chi connectivity index (χ1v) is 7.09. The van der Waals surface area contributed by atoms with Gasteiger partial charge in [-0.2, -0.15) is 4.98 Å². The van der Waals surface area contributed by atoms with Gasteiger partial charge in [0.05, 0.1) is 16.3 Å². The molecule has 0 aliphatic carbocycles. The van der Waals surface area contributed by atoms with Crippen molar-refractivity contribution in [1.82, 2.24) is 15.1 Å². The predicted molar refractivity (Wildman–Crippen MR) is 73.0 cm³/mol. The topological polar surface area (TPSA) is 77.8 Å². The van der Waals surface area contributed by atoms with Gasteiger partial charge in [0.25, 0.3) is 0 Å². The monoisotopic (exact) mass is 328 g/mol. The van der Waals surface area contributed by atoms with Gasteiger partial charge in [0.15, 0.2) is 5.82 Å². The smallest absolute Gasteiger partial charge is 0.237 e. The SMILES string of the molecule is CC(C)(N)c1noc(CSc2ccc(Br)cn2)n1. The van der Waals surface area contributed by atoms with Crippen LogP contribution in [0.3, 0.4) is 0 Å². The van der Waals surface area contributed by atoms with E-state index < -0.39 is 5.54 Å². The Hall–Kier alpha value is -0.920. The van der Waals surface area contributed by atoms with Crippen molar-refractivity contribution >= 4 is 27.7 Å². The summed E-state index contributed by atoms with van der Waals surface area (Å²) in [7, 11) is 0. The van der Waals surface area contributed by atoms with E-state index in [9.17, 15) is 0 Å². The minimum Gasteiger partial charge on any atom is -0.338 e. The summed E-state index contributed by atoms with van der Waals surface area (Å²) >= 11 is 4.88. The fraction of sp³-hybridized carbons (Fsp3) is 0.364. The third kappa shape index (κ3) is 3.54. The number of rotatable bonds is 4. The van der Waals surface area contributed by atoms with Crippen LogP contribution in [0.2, 0.25) is 0 Å². The highest BCUT2D eigenvalue weighted by Crippen LogP contribution is 2.22. The minimum atomic E-state index is -0.581. The van der Waals surface area contributed by atoms with E-state index in [1.807, 2.05) is 26.0 Å². The van der Waals surface area contributed by atoms with Crippen LogP contribution in [0, 0.1) is 0 Å². The molecule has 96 valence electrons. The fourth-order valence-corrected chi connectivity index (χ4v) is 2.07. The average Bonchev–Trinajstić information content (AvgIpc) is 2.77.